The number of nitrogens with one attached hydrogen (secondary N) is 1. The third kappa shape index (κ3) is 3.84. The molecule has 0 unspecified atom stereocenters. The molecule has 7 heteroatoms. The Hall–Kier alpha value is -2.30. The molecule has 0 spiro atoms. The number of hydrogen-bond donors (Lipinski definition) is 2. The van der Waals surface area contributed by atoms with E-state index >= 15 is 0 Å². The number of aryl methyl sites for hydroxylation is 1. The van der Waals surface area contributed by atoms with Crippen LogP contribution in [0.4, 0.5) is 5.69 Å². The number of aliphatic hydroxyl groups is 1. The number of benzene rings is 1. The first-order chi connectivity index (χ1) is 10.0. The first kappa shape index (κ1) is 15.1. The molecule has 2 rings (SSSR count). The van der Waals surface area contributed by atoms with E-state index in [-0.39, 0.29) is 11.5 Å². The summed E-state index contributed by atoms with van der Waals surface area (Å²) in [6.07, 6.45) is 3.29. The molecule has 110 valence electrons. The number of anilines is 1. The monoisotopic (exact) mass is 305 g/mol. The van der Waals surface area contributed by atoms with Gasteiger partial charge in [-0.15, -0.1) is 0 Å². The van der Waals surface area contributed by atoms with Gasteiger partial charge in [-0.2, -0.15) is 5.10 Å². The predicted octanol–water partition coefficient (Wildman–Crippen LogP) is 0.955. The van der Waals surface area contributed by atoms with Gasteiger partial charge >= 0.3 is 0 Å². The summed E-state index contributed by atoms with van der Waals surface area (Å²) in [5.74, 6) is 5.48. The first-order valence-electron chi connectivity index (χ1n) is 6.23. The SMILES string of the molecule is Cn1cc(NS(=O)(=O)c2ccccc2C#CCCO)cn1. The number of aliphatic hydroxyl groups excluding tert-OH is 1. The summed E-state index contributed by atoms with van der Waals surface area (Å²) in [7, 11) is -2.04. The zero-order valence-electron chi connectivity index (χ0n) is 11.4. The molecule has 0 amide bonds. The van der Waals surface area contributed by atoms with Crippen LogP contribution in [-0.2, 0) is 17.1 Å². The third-order valence-electron chi connectivity index (χ3n) is 2.59. The van der Waals surface area contributed by atoms with Crippen LogP contribution in [0.5, 0.6) is 0 Å². The molecule has 2 aromatic rings. The van der Waals surface area contributed by atoms with Crippen molar-refractivity contribution >= 4 is 15.7 Å². The smallest absolute Gasteiger partial charge is 0.263 e. The molecule has 0 aliphatic carbocycles. The third-order valence-corrected chi connectivity index (χ3v) is 4.03. The van der Waals surface area contributed by atoms with Crippen LogP contribution in [0.2, 0.25) is 0 Å². The maximum absolute atomic E-state index is 12.4. The average molecular weight is 305 g/mol. The van der Waals surface area contributed by atoms with E-state index in [1.165, 1.54) is 16.9 Å². The van der Waals surface area contributed by atoms with E-state index in [1.54, 1.807) is 31.4 Å². The molecule has 21 heavy (non-hydrogen) atoms. The van der Waals surface area contributed by atoms with Gasteiger partial charge in [0.1, 0.15) is 4.90 Å². The minimum Gasteiger partial charge on any atom is -0.395 e. The largest absolute Gasteiger partial charge is 0.395 e. The highest BCUT2D eigenvalue weighted by Gasteiger charge is 2.18. The van der Waals surface area contributed by atoms with Crippen LogP contribution in [0.3, 0.4) is 0 Å². The van der Waals surface area contributed by atoms with E-state index in [2.05, 4.69) is 21.7 Å². The second-order valence-electron chi connectivity index (χ2n) is 4.28. The molecule has 0 aliphatic heterocycles. The Labute approximate surface area is 123 Å². The Morgan fingerprint density at radius 3 is 2.81 bits per heavy atom. The lowest BCUT2D eigenvalue weighted by Crippen LogP contribution is -2.14. The van der Waals surface area contributed by atoms with Crippen LogP contribution in [0.25, 0.3) is 0 Å². The van der Waals surface area contributed by atoms with Gasteiger partial charge < -0.3 is 5.11 Å². The lowest BCUT2D eigenvalue weighted by molar-refractivity contribution is 0.305. The van der Waals surface area contributed by atoms with Crippen LogP contribution >= 0.6 is 0 Å². The van der Waals surface area contributed by atoms with Crippen molar-refractivity contribution in [2.24, 2.45) is 7.05 Å². The van der Waals surface area contributed by atoms with Crippen molar-refractivity contribution in [2.75, 3.05) is 11.3 Å². The van der Waals surface area contributed by atoms with Crippen LogP contribution < -0.4 is 4.72 Å². The van der Waals surface area contributed by atoms with Crippen molar-refractivity contribution in [1.29, 1.82) is 0 Å². The zero-order chi connectivity index (χ0) is 15.3. The normalized spacial score (nSPS) is 10.8. The second-order valence-corrected chi connectivity index (χ2v) is 5.93. The standard InChI is InChI=1S/C14H15N3O3S/c1-17-11-13(10-15-17)16-21(19,20)14-8-3-2-6-12(14)7-4-5-9-18/h2-3,6,8,10-11,16,18H,5,9H2,1H3. The highest BCUT2D eigenvalue weighted by atomic mass is 32.2. The van der Waals surface area contributed by atoms with E-state index in [0.717, 1.165) is 0 Å². The quantitative estimate of drug-likeness (QED) is 0.824. The predicted molar refractivity (Wildman–Crippen MR) is 79.0 cm³/mol. The highest BCUT2D eigenvalue weighted by Crippen LogP contribution is 2.18. The van der Waals surface area contributed by atoms with E-state index < -0.39 is 10.0 Å². The van der Waals surface area contributed by atoms with E-state index in [9.17, 15) is 8.42 Å². The highest BCUT2D eigenvalue weighted by molar-refractivity contribution is 7.92. The molecule has 1 heterocycles. The fourth-order valence-electron chi connectivity index (χ4n) is 1.70. The molecule has 0 saturated carbocycles. The second kappa shape index (κ2) is 6.43. The van der Waals surface area contributed by atoms with Crippen molar-refractivity contribution in [2.45, 2.75) is 11.3 Å². The fourth-order valence-corrected chi connectivity index (χ4v) is 2.89. The van der Waals surface area contributed by atoms with Gasteiger partial charge in [-0.1, -0.05) is 24.0 Å². The Bertz CT molecular complexity index is 785. The summed E-state index contributed by atoms with van der Waals surface area (Å²) < 4.78 is 28.8. The van der Waals surface area contributed by atoms with E-state index in [0.29, 0.717) is 17.7 Å². The molecule has 0 bridgehead atoms. The van der Waals surface area contributed by atoms with Gasteiger partial charge in [0.05, 0.1) is 18.5 Å². The minimum absolute atomic E-state index is 0.0597. The topological polar surface area (TPSA) is 84.2 Å². The van der Waals surface area contributed by atoms with E-state index in [4.69, 9.17) is 5.11 Å². The zero-order valence-corrected chi connectivity index (χ0v) is 12.3. The summed E-state index contributed by atoms with van der Waals surface area (Å²) in [5, 5.41) is 12.6. The molecular weight excluding hydrogens is 290 g/mol. The molecule has 6 nitrogen and oxygen atoms in total. The molecule has 0 radical (unpaired) electrons. The lowest BCUT2D eigenvalue weighted by atomic mass is 10.2. The van der Waals surface area contributed by atoms with Crippen molar-refractivity contribution < 1.29 is 13.5 Å². The summed E-state index contributed by atoms with van der Waals surface area (Å²) in [6.45, 7) is -0.0597. The number of rotatable bonds is 4. The molecule has 0 fully saturated rings. The maximum atomic E-state index is 12.4. The molecular formula is C14H15N3O3S. The molecule has 2 N–H and O–H groups in total. The maximum Gasteiger partial charge on any atom is 0.263 e. The summed E-state index contributed by atoms with van der Waals surface area (Å²) in [4.78, 5) is 0.0966. The molecule has 0 aliphatic rings. The lowest BCUT2D eigenvalue weighted by Gasteiger charge is -2.07. The average Bonchev–Trinajstić information content (AvgIpc) is 2.84. The Morgan fingerprint density at radius 1 is 1.38 bits per heavy atom. The van der Waals surface area contributed by atoms with Gasteiger partial charge in [-0.25, -0.2) is 8.42 Å². The Balaban J connectivity index is 2.34. The van der Waals surface area contributed by atoms with Crippen molar-refractivity contribution in [3.8, 4) is 11.8 Å². The van der Waals surface area contributed by atoms with Gasteiger partial charge in [0, 0.05) is 25.2 Å². The number of hydrogen-bond acceptors (Lipinski definition) is 4. The van der Waals surface area contributed by atoms with Crippen LogP contribution in [0.15, 0.2) is 41.6 Å². The van der Waals surface area contributed by atoms with Gasteiger partial charge in [-0.05, 0) is 12.1 Å². The first-order valence-corrected chi connectivity index (χ1v) is 7.71. The van der Waals surface area contributed by atoms with Crippen LogP contribution in [-0.4, -0.2) is 29.9 Å². The number of aromatic nitrogens is 2. The summed E-state index contributed by atoms with van der Waals surface area (Å²) >= 11 is 0. The summed E-state index contributed by atoms with van der Waals surface area (Å²) in [5.41, 5.74) is 0.776. The van der Waals surface area contributed by atoms with Gasteiger partial charge in [0.15, 0.2) is 0 Å². The van der Waals surface area contributed by atoms with Gasteiger partial charge in [-0.3, -0.25) is 9.40 Å². The van der Waals surface area contributed by atoms with Crippen LogP contribution in [0.1, 0.15) is 12.0 Å². The molecule has 0 atom stereocenters. The molecule has 1 aromatic carbocycles. The van der Waals surface area contributed by atoms with Gasteiger partial charge in [0.2, 0.25) is 0 Å². The fraction of sp³-hybridized carbons (Fsp3) is 0.214. The Kier molecular flexibility index (Phi) is 4.62. The Morgan fingerprint density at radius 2 is 2.14 bits per heavy atom. The number of sulfonamides is 1. The molecule has 1 aromatic heterocycles. The minimum atomic E-state index is -3.74. The molecule has 0 saturated heterocycles. The van der Waals surface area contributed by atoms with E-state index in [1.807, 2.05) is 0 Å². The van der Waals surface area contributed by atoms with Gasteiger partial charge in [0.25, 0.3) is 10.0 Å². The van der Waals surface area contributed by atoms with Crippen molar-refractivity contribution in [1.82, 2.24) is 9.78 Å². The summed E-state index contributed by atoms with van der Waals surface area (Å²) in [6, 6.07) is 6.46. The van der Waals surface area contributed by atoms with Crippen LogP contribution in [0, 0.1) is 11.8 Å². The number of nitrogens with zero attached hydrogens (tertiary/aromatic N) is 2. The van der Waals surface area contributed by atoms with Crippen molar-refractivity contribution in [3.05, 3.63) is 42.2 Å². The van der Waals surface area contributed by atoms with Crippen molar-refractivity contribution in [3.63, 3.8) is 0 Å².